The van der Waals surface area contributed by atoms with Crippen LogP contribution in [0, 0.1) is 10.1 Å². The first-order valence-corrected chi connectivity index (χ1v) is 8.08. The number of hydrogen-bond acceptors (Lipinski definition) is 7. The molecule has 3 rings (SSSR count). The summed E-state index contributed by atoms with van der Waals surface area (Å²) in [5.74, 6) is -0.155. The van der Waals surface area contributed by atoms with Gasteiger partial charge < -0.3 is 14.4 Å². The molecule has 24 heavy (non-hydrogen) atoms. The molecule has 8 nitrogen and oxygen atoms in total. The van der Waals surface area contributed by atoms with E-state index in [1.165, 1.54) is 31.0 Å². The van der Waals surface area contributed by atoms with Gasteiger partial charge in [0.25, 0.3) is 5.91 Å². The standard InChI is InChI=1S/C15H15N3O5S/c1-22-12-3-2-10(8-11(12)18(20)21)9-13-14(19)16-15(24-13)17-4-6-23-7-5-17/h2-3,8-9H,4-7H2,1H3. The number of amides is 1. The molecule has 0 atom stereocenters. The average Bonchev–Trinajstić information content (AvgIpc) is 2.96. The first-order chi connectivity index (χ1) is 11.6. The smallest absolute Gasteiger partial charge is 0.311 e. The summed E-state index contributed by atoms with van der Waals surface area (Å²) >= 11 is 1.28. The fourth-order valence-electron chi connectivity index (χ4n) is 2.38. The summed E-state index contributed by atoms with van der Waals surface area (Å²) < 4.78 is 10.3. The Kier molecular flexibility index (Phi) is 4.81. The van der Waals surface area contributed by atoms with Gasteiger partial charge >= 0.3 is 5.69 Å². The van der Waals surface area contributed by atoms with Gasteiger partial charge in [-0.05, 0) is 29.5 Å². The second-order valence-electron chi connectivity index (χ2n) is 5.10. The number of nitrogens with zero attached hydrogens (tertiary/aromatic N) is 3. The maximum absolute atomic E-state index is 12.1. The molecule has 1 amide bonds. The van der Waals surface area contributed by atoms with Crippen molar-refractivity contribution in [1.82, 2.24) is 4.90 Å². The molecule has 2 heterocycles. The van der Waals surface area contributed by atoms with Crippen molar-refractivity contribution < 1.29 is 19.2 Å². The molecule has 0 bridgehead atoms. The Hall–Kier alpha value is -2.39. The Bertz CT molecular complexity index is 741. The predicted octanol–water partition coefficient (Wildman–Crippen LogP) is 1.91. The molecule has 0 unspecified atom stereocenters. The van der Waals surface area contributed by atoms with Crippen molar-refractivity contribution in [2.75, 3.05) is 33.4 Å². The number of benzene rings is 1. The van der Waals surface area contributed by atoms with Crippen molar-refractivity contribution >= 4 is 34.6 Å². The molecule has 9 heteroatoms. The highest BCUT2D eigenvalue weighted by atomic mass is 32.2. The van der Waals surface area contributed by atoms with Gasteiger partial charge in [-0.2, -0.15) is 4.99 Å². The van der Waals surface area contributed by atoms with Crippen molar-refractivity contribution in [1.29, 1.82) is 0 Å². The van der Waals surface area contributed by atoms with Crippen LogP contribution in [0.25, 0.3) is 6.08 Å². The van der Waals surface area contributed by atoms with E-state index in [2.05, 4.69) is 4.99 Å². The Balaban J connectivity index is 1.81. The van der Waals surface area contributed by atoms with Gasteiger partial charge in [-0.3, -0.25) is 14.9 Å². The second-order valence-corrected chi connectivity index (χ2v) is 6.11. The van der Waals surface area contributed by atoms with E-state index in [1.807, 2.05) is 4.90 Å². The monoisotopic (exact) mass is 349 g/mol. The summed E-state index contributed by atoms with van der Waals surface area (Å²) in [7, 11) is 1.37. The number of thioether (sulfide) groups is 1. The van der Waals surface area contributed by atoms with Crippen LogP contribution in [-0.4, -0.2) is 54.3 Å². The van der Waals surface area contributed by atoms with Gasteiger partial charge in [0.1, 0.15) is 0 Å². The van der Waals surface area contributed by atoms with Crippen LogP contribution in [0.4, 0.5) is 5.69 Å². The summed E-state index contributed by atoms with van der Waals surface area (Å²) in [6.45, 7) is 2.61. The fourth-order valence-corrected chi connectivity index (χ4v) is 3.34. The quantitative estimate of drug-likeness (QED) is 0.467. The zero-order valence-electron chi connectivity index (χ0n) is 12.9. The fraction of sp³-hybridized carbons (Fsp3) is 0.333. The van der Waals surface area contributed by atoms with Crippen LogP contribution < -0.4 is 4.74 Å². The van der Waals surface area contributed by atoms with Crippen molar-refractivity contribution in [2.24, 2.45) is 4.99 Å². The number of nitro benzene ring substituents is 1. The van der Waals surface area contributed by atoms with Crippen LogP contribution in [0.1, 0.15) is 5.56 Å². The predicted molar refractivity (Wildman–Crippen MR) is 90.1 cm³/mol. The summed E-state index contributed by atoms with van der Waals surface area (Å²) in [5.41, 5.74) is 0.411. The van der Waals surface area contributed by atoms with E-state index in [-0.39, 0.29) is 17.3 Å². The van der Waals surface area contributed by atoms with Gasteiger partial charge in [0.05, 0.1) is 30.2 Å². The van der Waals surface area contributed by atoms with Gasteiger partial charge in [-0.25, -0.2) is 0 Å². The lowest BCUT2D eigenvalue weighted by Crippen LogP contribution is -2.38. The number of rotatable bonds is 3. The highest BCUT2D eigenvalue weighted by Crippen LogP contribution is 2.33. The summed E-state index contributed by atoms with van der Waals surface area (Å²) in [6, 6.07) is 4.56. The Morgan fingerprint density at radius 2 is 2.17 bits per heavy atom. The van der Waals surface area contributed by atoms with E-state index >= 15 is 0 Å². The van der Waals surface area contributed by atoms with Crippen LogP contribution in [0.15, 0.2) is 28.1 Å². The van der Waals surface area contributed by atoms with E-state index in [4.69, 9.17) is 9.47 Å². The maximum Gasteiger partial charge on any atom is 0.311 e. The molecule has 2 aliphatic rings. The lowest BCUT2D eigenvalue weighted by molar-refractivity contribution is -0.385. The molecule has 126 valence electrons. The zero-order chi connectivity index (χ0) is 17.1. The van der Waals surface area contributed by atoms with E-state index < -0.39 is 4.92 Å². The van der Waals surface area contributed by atoms with Crippen LogP contribution in [0.3, 0.4) is 0 Å². The zero-order valence-corrected chi connectivity index (χ0v) is 13.7. The molecule has 1 aromatic carbocycles. The number of amidine groups is 1. The Morgan fingerprint density at radius 1 is 1.42 bits per heavy atom. The van der Waals surface area contributed by atoms with Gasteiger partial charge in [0, 0.05) is 19.2 Å². The second kappa shape index (κ2) is 7.02. The molecular weight excluding hydrogens is 334 g/mol. The van der Waals surface area contributed by atoms with Crippen molar-refractivity contribution in [3.8, 4) is 5.75 Å². The largest absolute Gasteiger partial charge is 0.490 e. The van der Waals surface area contributed by atoms with E-state index in [1.54, 1.807) is 12.1 Å². The lowest BCUT2D eigenvalue weighted by Gasteiger charge is -2.27. The van der Waals surface area contributed by atoms with Gasteiger partial charge in [-0.1, -0.05) is 6.07 Å². The van der Waals surface area contributed by atoms with Crippen LogP contribution >= 0.6 is 11.8 Å². The Labute approximate surface area is 142 Å². The molecule has 0 aromatic heterocycles. The number of hydrogen-bond donors (Lipinski definition) is 0. The van der Waals surface area contributed by atoms with Gasteiger partial charge in [0.2, 0.25) is 0 Å². The van der Waals surface area contributed by atoms with Crippen LogP contribution in [-0.2, 0) is 9.53 Å². The van der Waals surface area contributed by atoms with Crippen molar-refractivity contribution in [2.45, 2.75) is 0 Å². The molecule has 1 saturated heterocycles. The number of aliphatic imine (C=N–C) groups is 1. The minimum Gasteiger partial charge on any atom is -0.490 e. The molecule has 2 aliphatic heterocycles. The normalized spacial score (nSPS) is 19.5. The topological polar surface area (TPSA) is 94.3 Å². The number of morpholine rings is 1. The third kappa shape index (κ3) is 3.41. The first kappa shape index (κ1) is 16.5. The van der Waals surface area contributed by atoms with Crippen molar-refractivity contribution in [3.63, 3.8) is 0 Å². The number of carbonyl (C=O) groups excluding carboxylic acids is 1. The van der Waals surface area contributed by atoms with E-state index in [0.29, 0.717) is 41.9 Å². The minimum absolute atomic E-state index is 0.142. The lowest BCUT2D eigenvalue weighted by atomic mass is 10.1. The van der Waals surface area contributed by atoms with Crippen molar-refractivity contribution in [3.05, 3.63) is 38.8 Å². The van der Waals surface area contributed by atoms with Crippen LogP contribution in [0.2, 0.25) is 0 Å². The SMILES string of the molecule is COc1ccc(C=C2SC(N3CCOCC3)=NC2=O)cc1[N+](=O)[O-]. The Morgan fingerprint density at radius 3 is 2.83 bits per heavy atom. The molecular formula is C15H15N3O5S. The maximum atomic E-state index is 12.1. The molecule has 0 spiro atoms. The summed E-state index contributed by atoms with van der Waals surface area (Å²) in [6.07, 6.45) is 1.61. The molecule has 0 saturated carbocycles. The van der Waals surface area contributed by atoms with E-state index in [9.17, 15) is 14.9 Å². The molecule has 0 N–H and O–H groups in total. The third-order valence-electron chi connectivity index (χ3n) is 3.59. The minimum atomic E-state index is -0.514. The van der Waals surface area contributed by atoms with Gasteiger partial charge in [0.15, 0.2) is 10.9 Å². The molecule has 0 radical (unpaired) electrons. The number of nitro groups is 1. The van der Waals surface area contributed by atoms with Crippen LogP contribution in [0.5, 0.6) is 5.75 Å². The molecule has 1 fully saturated rings. The molecule has 0 aliphatic carbocycles. The average molecular weight is 349 g/mol. The van der Waals surface area contributed by atoms with E-state index in [0.717, 1.165) is 0 Å². The molecule has 1 aromatic rings. The number of methoxy groups -OCH3 is 1. The number of ether oxygens (including phenoxy) is 2. The van der Waals surface area contributed by atoms with Gasteiger partial charge in [-0.15, -0.1) is 0 Å². The summed E-state index contributed by atoms with van der Waals surface area (Å²) in [5, 5.41) is 11.7. The summed E-state index contributed by atoms with van der Waals surface area (Å²) in [4.78, 5) is 29.2. The third-order valence-corrected chi connectivity index (χ3v) is 4.63. The highest BCUT2D eigenvalue weighted by Gasteiger charge is 2.27. The highest BCUT2D eigenvalue weighted by molar-refractivity contribution is 8.18. The number of carbonyl (C=O) groups is 1. The first-order valence-electron chi connectivity index (χ1n) is 7.26.